The van der Waals surface area contributed by atoms with E-state index in [0.717, 1.165) is 36.8 Å². The van der Waals surface area contributed by atoms with E-state index in [1.165, 1.54) is 0 Å². The predicted molar refractivity (Wildman–Crippen MR) is 117 cm³/mol. The zero-order valence-corrected chi connectivity index (χ0v) is 17.5. The molecule has 2 aromatic rings. The average Bonchev–Trinajstić information content (AvgIpc) is 2.77. The molecule has 4 nitrogen and oxygen atoms in total. The van der Waals surface area contributed by atoms with Gasteiger partial charge < -0.3 is 10.2 Å². The number of rotatable bonds is 7. The van der Waals surface area contributed by atoms with Gasteiger partial charge in [0.15, 0.2) is 0 Å². The molecule has 0 aromatic heterocycles. The summed E-state index contributed by atoms with van der Waals surface area (Å²) >= 11 is 0. The molecular formula is C25H32N2O2. The number of nitrogens with zero attached hydrogens (tertiary/aromatic N) is 1. The second kappa shape index (κ2) is 10.2. The summed E-state index contributed by atoms with van der Waals surface area (Å²) in [5.74, 6) is 0.113. The van der Waals surface area contributed by atoms with Crippen LogP contribution in [0.1, 0.15) is 56.6 Å². The van der Waals surface area contributed by atoms with Crippen LogP contribution >= 0.6 is 0 Å². The quantitative estimate of drug-likeness (QED) is 0.761. The first-order chi connectivity index (χ1) is 14.1. The zero-order valence-electron chi connectivity index (χ0n) is 17.5. The minimum Gasteiger partial charge on any atom is -0.353 e. The Labute approximate surface area is 174 Å². The van der Waals surface area contributed by atoms with Gasteiger partial charge in [-0.05, 0) is 36.8 Å². The number of benzene rings is 2. The first-order valence-corrected chi connectivity index (χ1v) is 10.8. The van der Waals surface area contributed by atoms with E-state index in [2.05, 4.69) is 19.2 Å². The fraction of sp³-hybridized carbons (Fsp3) is 0.440. The lowest BCUT2D eigenvalue weighted by Gasteiger charge is -2.35. The molecule has 1 aliphatic heterocycles. The minimum atomic E-state index is -0.284. The van der Waals surface area contributed by atoms with Crippen molar-refractivity contribution in [2.75, 3.05) is 13.1 Å². The maximum absolute atomic E-state index is 13.5. The van der Waals surface area contributed by atoms with Crippen molar-refractivity contribution in [3.05, 3.63) is 71.8 Å². The Morgan fingerprint density at radius 2 is 1.38 bits per heavy atom. The van der Waals surface area contributed by atoms with Gasteiger partial charge in [-0.1, -0.05) is 74.5 Å². The smallest absolute Gasteiger partial charge is 0.234 e. The van der Waals surface area contributed by atoms with E-state index >= 15 is 0 Å². The van der Waals surface area contributed by atoms with E-state index < -0.39 is 0 Å². The Hall–Kier alpha value is -2.62. The first kappa shape index (κ1) is 21.1. The molecule has 3 rings (SSSR count). The van der Waals surface area contributed by atoms with Crippen molar-refractivity contribution in [1.29, 1.82) is 0 Å². The number of carbonyl (C=O) groups is 2. The molecule has 0 spiro atoms. The summed E-state index contributed by atoms with van der Waals surface area (Å²) < 4.78 is 0. The molecule has 2 amide bonds. The van der Waals surface area contributed by atoms with Crippen LogP contribution in [0.15, 0.2) is 60.7 Å². The third kappa shape index (κ3) is 5.26. The molecule has 154 valence electrons. The van der Waals surface area contributed by atoms with Gasteiger partial charge in [-0.25, -0.2) is 0 Å². The predicted octanol–water partition coefficient (Wildman–Crippen LogP) is 4.36. The van der Waals surface area contributed by atoms with Crippen LogP contribution < -0.4 is 5.32 Å². The van der Waals surface area contributed by atoms with Gasteiger partial charge in [0.25, 0.3) is 0 Å². The lowest BCUT2D eigenvalue weighted by Crippen LogP contribution is -2.48. The summed E-state index contributed by atoms with van der Waals surface area (Å²) in [6.07, 6.45) is 3.37. The van der Waals surface area contributed by atoms with Crippen molar-refractivity contribution in [1.82, 2.24) is 10.2 Å². The summed E-state index contributed by atoms with van der Waals surface area (Å²) in [5.41, 5.74) is 2.04. The van der Waals surface area contributed by atoms with Crippen LogP contribution in [0.4, 0.5) is 0 Å². The highest BCUT2D eigenvalue weighted by Gasteiger charge is 2.31. The molecular weight excluding hydrogens is 360 g/mol. The monoisotopic (exact) mass is 392 g/mol. The van der Waals surface area contributed by atoms with Crippen molar-refractivity contribution in [3.8, 4) is 0 Å². The summed E-state index contributed by atoms with van der Waals surface area (Å²) in [4.78, 5) is 27.8. The molecule has 1 heterocycles. The van der Waals surface area contributed by atoms with Gasteiger partial charge in [0.1, 0.15) is 0 Å². The van der Waals surface area contributed by atoms with Crippen LogP contribution in [0.2, 0.25) is 0 Å². The van der Waals surface area contributed by atoms with Crippen molar-refractivity contribution in [2.24, 2.45) is 5.92 Å². The molecule has 1 fully saturated rings. The molecule has 0 aliphatic carbocycles. The molecule has 1 aliphatic rings. The number of nitrogens with one attached hydrogen (secondary N) is 1. The number of piperidine rings is 1. The second-order valence-corrected chi connectivity index (χ2v) is 7.88. The van der Waals surface area contributed by atoms with Gasteiger partial charge in [0.05, 0.1) is 5.92 Å². The standard InChI is InChI=1S/C25H32N2O2/c1-3-19(4-2)24(28)26-22-15-17-27(18-16-22)25(29)23(20-11-7-5-8-12-20)21-13-9-6-10-14-21/h5-14,19,22-23H,3-4,15-18H2,1-2H3,(H,26,28). The highest BCUT2D eigenvalue weighted by atomic mass is 16.2. The maximum Gasteiger partial charge on any atom is 0.234 e. The molecule has 0 atom stereocenters. The van der Waals surface area contributed by atoms with Crippen LogP contribution in [0.3, 0.4) is 0 Å². The molecule has 0 radical (unpaired) electrons. The normalized spacial score (nSPS) is 15.0. The third-order valence-corrected chi connectivity index (χ3v) is 6.02. The minimum absolute atomic E-state index is 0.0928. The average molecular weight is 393 g/mol. The third-order valence-electron chi connectivity index (χ3n) is 6.02. The Morgan fingerprint density at radius 3 is 1.83 bits per heavy atom. The zero-order chi connectivity index (χ0) is 20.6. The van der Waals surface area contributed by atoms with Crippen LogP contribution in [-0.2, 0) is 9.59 Å². The number of likely N-dealkylation sites (tertiary alicyclic amines) is 1. The summed E-state index contributed by atoms with van der Waals surface area (Å²) in [5, 5.41) is 3.20. The molecule has 2 aromatic carbocycles. The topological polar surface area (TPSA) is 49.4 Å². The van der Waals surface area contributed by atoms with Gasteiger partial charge >= 0.3 is 0 Å². The Morgan fingerprint density at radius 1 is 0.897 bits per heavy atom. The van der Waals surface area contributed by atoms with E-state index in [-0.39, 0.29) is 29.7 Å². The number of amides is 2. The van der Waals surface area contributed by atoms with E-state index in [1.54, 1.807) is 0 Å². The number of carbonyl (C=O) groups excluding carboxylic acids is 2. The van der Waals surface area contributed by atoms with Crippen LogP contribution in [0.25, 0.3) is 0 Å². The van der Waals surface area contributed by atoms with E-state index in [9.17, 15) is 9.59 Å². The van der Waals surface area contributed by atoms with Crippen LogP contribution in [0.5, 0.6) is 0 Å². The molecule has 0 unspecified atom stereocenters. The fourth-order valence-electron chi connectivity index (χ4n) is 4.17. The molecule has 4 heteroatoms. The Kier molecular flexibility index (Phi) is 7.45. The Bertz CT molecular complexity index is 739. The highest BCUT2D eigenvalue weighted by Crippen LogP contribution is 2.28. The van der Waals surface area contributed by atoms with Gasteiger partial charge in [-0.15, -0.1) is 0 Å². The Balaban J connectivity index is 1.67. The molecule has 0 bridgehead atoms. The van der Waals surface area contributed by atoms with Gasteiger partial charge in [-0.2, -0.15) is 0 Å². The second-order valence-electron chi connectivity index (χ2n) is 7.88. The number of hydrogen-bond donors (Lipinski definition) is 1. The van der Waals surface area contributed by atoms with E-state index in [1.807, 2.05) is 65.6 Å². The molecule has 1 saturated heterocycles. The SMILES string of the molecule is CCC(CC)C(=O)NC1CCN(C(=O)C(c2ccccc2)c2ccccc2)CC1. The van der Waals surface area contributed by atoms with Crippen molar-refractivity contribution in [3.63, 3.8) is 0 Å². The summed E-state index contributed by atoms with van der Waals surface area (Å²) in [6.45, 7) is 5.48. The van der Waals surface area contributed by atoms with E-state index in [4.69, 9.17) is 0 Å². The summed E-state index contributed by atoms with van der Waals surface area (Å²) in [7, 11) is 0. The first-order valence-electron chi connectivity index (χ1n) is 10.8. The van der Waals surface area contributed by atoms with Gasteiger partial charge in [0, 0.05) is 25.0 Å². The van der Waals surface area contributed by atoms with E-state index in [0.29, 0.717) is 13.1 Å². The van der Waals surface area contributed by atoms with Crippen molar-refractivity contribution >= 4 is 11.8 Å². The molecule has 1 N–H and O–H groups in total. The van der Waals surface area contributed by atoms with Crippen LogP contribution in [0, 0.1) is 5.92 Å². The number of hydrogen-bond acceptors (Lipinski definition) is 2. The summed E-state index contributed by atoms with van der Waals surface area (Å²) in [6, 6.07) is 20.2. The molecule has 29 heavy (non-hydrogen) atoms. The fourth-order valence-corrected chi connectivity index (χ4v) is 4.17. The van der Waals surface area contributed by atoms with Gasteiger partial charge in [-0.3, -0.25) is 9.59 Å². The lowest BCUT2D eigenvalue weighted by atomic mass is 9.89. The van der Waals surface area contributed by atoms with Crippen molar-refractivity contribution in [2.45, 2.75) is 51.5 Å². The van der Waals surface area contributed by atoms with Crippen molar-refractivity contribution < 1.29 is 9.59 Å². The van der Waals surface area contributed by atoms with Crippen LogP contribution in [-0.4, -0.2) is 35.8 Å². The lowest BCUT2D eigenvalue weighted by molar-refractivity contribution is -0.133. The van der Waals surface area contributed by atoms with Gasteiger partial charge in [0.2, 0.25) is 11.8 Å². The largest absolute Gasteiger partial charge is 0.353 e. The highest BCUT2D eigenvalue weighted by molar-refractivity contribution is 5.87. The molecule has 0 saturated carbocycles. The maximum atomic E-state index is 13.5.